The lowest BCUT2D eigenvalue weighted by Gasteiger charge is -2.34. The highest BCUT2D eigenvalue weighted by atomic mass is 79.9. The SMILES string of the molecule is CCCNC(=O)[C@@H](Cc1ccccc1)N(Cc1c(Cl)cccc1Cl)C(=O)CN(c1ccc(Br)cc1)S(C)(=O)=O. The number of hydrogen-bond acceptors (Lipinski definition) is 4. The van der Waals surface area contributed by atoms with Gasteiger partial charge in [-0.05, 0) is 48.4 Å². The van der Waals surface area contributed by atoms with Crippen molar-refractivity contribution in [2.45, 2.75) is 32.4 Å². The second-order valence-electron chi connectivity index (χ2n) is 8.96. The number of carbonyl (C=O) groups is 2. The van der Waals surface area contributed by atoms with E-state index in [1.54, 1.807) is 42.5 Å². The van der Waals surface area contributed by atoms with E-state index in [-0.39, 0.29) is 18.9 Å². The second kappa shape index (κ2) is 14.2. The van der Waals surface area contributed by atoms with Crippen molar-refractivity contribution in [2.24, 2.45) is 0 Å². The van der Waals surface area contributed by atoms with Crippen LogP contribution in [-0.4, -0.2) is 50.5 Å². The first-order valence-corrected chi connectivity index (χ1v) is 15.7. The van der Waals surface area contributed by atoms with Crippen molar-refractivity contribution in [3.05, 3.63) is 98.4 Å². The van der Waals surface area contributed by atoms with Gasteiger partial charge in [0.05, 0.1) is 11.9 Å². The maximum absolute atomic E-state index is 14.0. The van der Waals surface area contributed by atoms with Gasteiger partial charge in [-0.1, -0.05) is 82.5 Å². The van der Waals surface area contributed by atoms with Gasteiger partial charge in [0.15, 0.2) is 0 Å². The fraction of sp³-hybridized carbons (Fsp3) is 0.286. The molecule has 3 aromatic carbocycles. The molecule has 0 aliphatic heterocycles. The van der Waals surface area contributed by atoms with Gasteiger partial charge in [-0.3, -0.25) is 13.9 Å². The molecule has 0 unspecified atom stereocenters. The number of nitrogens with one attached hydrogen (secondary N) is 1. The molecule has 0 aliphatic carbocycles. The summed E-state index contributed by atoms with van der Waals surface area (Å²) in [7, 11) is -3.85. The molecule has 0 bridgehead atoms. The largest absolute Gasteiger partial charge is 0.354 e. The lowest BCUT2D eigenvalue weighted by atomic mass is 10.0. The Hall–Kier alpha value is -2.59. The van der Waals surface area contributed by atoms with Crippen LogP contribution < -0.4 is 9.62 Å². The lowest BCUT2D eigenvalue weighted by molar-refractivity contribution is -0.140. The second-order valence-corrected chi connectivity index (χ2v) is 12.6. The van der Waals surface area contributed by atoms with Gasteiger partial charge >= 0.3 is 0 Å². The molecule has 0 saturated heterocycles. The van der Waals surface area contributed by atoms with Crippen LogP contribution in [0.25, 0.3) is 0 Å². The Kier molecular flexibility index (Phi) is 11.2. The molecule has 3 rings (SSSR count). The third kappa shape index (κ3) is 8.70. The van der Waals surface area contributed by atoms with Gasteiger partial charge in [-0.25, -0.2) is 8.42 Å². The van der Waals surface area contributed by atoms with Crippen LogP contribution in [-0.2, 0) is 32.6 Å². The van der Waals surface area contributed by atoms with E-state index in [2.05, 4.69) is 21.2 Å². The van der Waals surface area contributed by atoms with Gasteiger partial charge in [0.2, 0.25) is 21.8 Å². The molecule has 0 saturated carbocycles. The summed E-state index contributed by atoms with van der Waals surface area (Å²) in [6.07, 6.45) is 1.95. The Morgan fingerprint density at radius 1 is 0.949 bits per heavy atom. The smallest absolute Gasteiger partial charge is 0.244 e. The van der Waals surface area contributed by atoms with E-state index in [9.17, 15) is 18.0 Å². The number of carbonyl (C=O) groups excluding carboxylic acids is 2. The molecule has 0 heterocycles. The highest BCUT2D eigenvalue weighted by Crippen LogP contribution is 2.28. The van der Waals surface area contributed by atoms with E-state index in [0.717, 1.165) is 20.6 Å². The van der Waals surface area contributed by atoms with E-state index in [4.69, 9.17) is 23.2 Å². The van der Waals surface area contributed by atoms with Crippen molar-refractivity contribution >= 4 is 66.7 Å². The predicted molar refractivity (Wildman–Crippen MR) is 161 cm³/mol. The molecule has 39 heavy (non-hydrogen) atoms. The summed E-state index contributed by atoms with van der Waals surface area (Å²) in [5, 5.41) is 3.56. The van der Waals surface area contributed by atoms with Crippen LogP contribution in [0.15, 0.2) is 77.3 Å². The number of halogens is 3. The van der Waals surface area contributed by atoms with E-state index in [1.165, 1.54) is 4.90 Å². The average Bonchev–Trinajstić information content (AvgIpc) is 2.89. The van der Waals surface area contributed by atoms with Crippen LogP contribution in [0, 0.1) is 0 Å². The Balaban J connectivity index is 2.08. The summed E-state index contributed by atoms with van der Waals surface area (Å²) in [5.74, 6) is -0.932. The summed E-state index contributed by atoms with van der Waals surface area (Å²) < 4.78 is 27.4. The summed E-state index contributed by atoms with van der Waals surface area (Å²) in [5.41, 5.74) is 1.62. The minimum absolute atomic E-state index is 0.0909. The molecule has 0 fully saturated rings. The summed E-state index contributed by atoms with van der Waals surface area (Å²) in [6, 6.07) is 19.9. The summed E-state index contributed by atoms with van der Waals surface area (Å²) in [4.78, 5) is 28.9. The molecule has 0 spiro atoms. The molecule has 2 amide bonds. The highest BCUT2D eigenvalue weighted by Gasteiger charge is 2.33. The first-order chi connectivity index (χ1) is 18.5. The Labute approximate surface area is 248 Å². The number of sulfonamides is 1. The highest BCUT2D eigenvalue weighted by molar-refractivity contribution is 9.10. The number of nitrogens with zero attached hydrogens (tertiary/aromatic N) is 2. The van der Waals surface area contributed by atoms with Gasteiger partial charge in [-0.2, -0.15) is 0 Å². The van der Waals surface area contributed by atoms with Crippen molar-refractivity contribution in [3.63, 3.8) is 0 Å². The minimum Gasteiger partial charge on any atom is -0.354 e. The van der Waals surface area contributed by atoms with Crippen LogP contribution in [0.2, 0.25) is 10.0 Å². The van der Waals surface area contributed by atoms with E-state index in [1.807, 2.05) is 37.3 Å². The van der Waals surface area contributed by atoms with Gasteiger partial charge in [0.25, 0.3) is 0 Å². The Morgan fingerprint density at radius 3 is 2.13 bits per heavy atom. The molecular formula is C28H30BrCl2N3O4S. The van der Waals surface area contributed by atoms with E-state index >= 15 is 0 Å². The molecule has 1 atom stereocenters. The zero-order chi connectivity index (χ0) is 28.6. The number of rotatable bonds is 12. The number of anilines is 1. The average molecular weight is 655 g/mol. The van der Waals surface area contributed by atoms with E-state index < -0.39 is 28.5 Å². The molecular weight excluding hydrogens is 625 g/mol. The number of hydrogen-bond donors (Lipinski definition) is 1. The number of amides is 2. The van der Waals surface area contributed by atoms with Gasteiger partial charge in [-0.15, -0.1) is 0 Å². The van der Waals surface area contributed by atoms with Crippen LogP contribution in [0.4, 0.5) is 5.69 Å². The third-order valence-corrected chi connectivity index (χ3v) is 8.38. The zero-order valence-electron chi connectivity index (χ0n) is 21.6. The molecule has 3 aromatic rings. The maximum atomic E-state index is 14.0. The topological polar surface area (TPSA) is 86.8 Å². The zero-order valence-corrected chi connectivity index (χ0v) is 25.5. The van der Waals surface area contributed by atoms with Crippen molar-refractivity contribution in [1.82, 2.24) is 10.2 Å². The van der Waals surface area contributed by atoms with Crippen molar-refractivity contribution in [3.8, 4) is 0 Å². The predicted octanol–water partition coefficient (Wildman–Crippen LogP) is 5.69. The fourth-order valence-electron chi connectivity index (χ4n) is 3.99. The quantitative estimate of drug-likeness (QED) is 0.272. The summed E-state index contributed by atoms with van der Waals surface area (Å²) in [6.45, 7) is 1.75. The van der Waals surface area contributed by atoms with Crippen LogP contribution in [0.5, 0.6) is 0 Å². The van der Waals surface area contributed by atoms with Gasteiger partial charge in [0.1, 0.15) is 12.6 Å². The van der Waals surface area contributed by atoms with Crippen molar-refractivity contribution < 1.29 is 18.0 Å². The normalized spacial score (nSPS) is 12.0. The molecule has 11 heteroatoms. The van der Waals surface area contributed by atoms with Crippen LogP contribution in [0.1, 0.15) is 24.5 Å². The monoisotopic (exact) mass is 653 g/mol. The van der Waals surface area contributed by atoms with Crippen LogP contribution >= 0.6 is 39.1 Å². The van der Waals surface area contributed by atoms with Gasteiger partial charge in [0, 0.05) is 39.6 Å². The third-order valence-electron chi connectivity index (χ3n) is 6.00. The molecule has 0 aliphatic rings. The molecule has 7 nitrogen and oxygen atoms in total. The first-order valence-electron chi connectivity index (χ1n) is 12.3. The maximum Gasteiger partial charge on any atom is 0.244 e. The standard InChI is InChI=1S/C28H30BrCl2N3O4S/c1-3-16-32-28(36)26(17-20-8-5-4-6-9-20)33(18-23-24(30)10-7-11-25(23)31)27(35)19-34(39(2,37)38)22-14-12-21(29)13-15-22/h4-15,26H,3,16-19H2,1-2H3,(H,32,36)/t26-/m1/s1. The molecule has 0 radical (unpaired) electrons. The Morgan fingerprint density at radius 2 is 1.56 bits per heavy atom. The molecule has 1 N–H and O–H groups in total. The fourth-order valence-corrected chi connectivity index (χ4v) is 5.63. The van der Waals surface area contributed by atoms with Crippen LogP contribution in [0.3, 0.4) is 0 Å². The number of benzene rings is 3. The van der Waals surface area contributed by atoms with Gasteiger partial charge < -0.3 is 10.2 Å². The van der Waals surface area contributed by atoms with E-state index in [0.29, 0.717) is 34.3 Å². The molecule has 208 valence electrons. The van der Waals surface area contributed by atoms with Crippen molar-refractivity contribution in [1.29, 1.82) is 0 Å². The molecule has 0 aromatic heterocycles. The summed E-state index contributed by atoms with van der Waals surface area (Å²) >= 11 is 16.3. The van der Waals surface area contributed by atoms with Crippen molar-refractivity contribution in [2.75, 3.05) is 23.7 Å². The minimum atomic E-state index is -3.85. The first kappa shape index (κ1) is 30.9. The Bertz CT molecular complexity index is 1370. The lowest BCUT2D eigenvalue weighted by Crippen LogP contribution is -2.53.